The molecule has 1 aromatic carbocycles. The van der Waals surface area contributed by atoms with Crippen LogP contribution in [0.3, 0.4) is 0 Å². The van der Waals surface area contributed by atoms with Crippen LogP contribution in [0.25, 0.3) is 0 Å². The number of carbonyl (C=O) groups is 1. The number of aromatic nitrogens is 1. The Labute approximate surface area is 154 Å². The molecular weight excluding hydrogens is 350 g/mol. The van der Waals surface area contributed by atoms with Gasteiger partial charge in [0, 0.05) is 37.1 Å². The smallest absolute Gasteiger partial charge is 0.253 e. The highest BCUT2D eigenvalue weighted by Crippen LogP contribution is 2.19. The molecule has 0 bridgehead atoms. The van der Waals surface area contributed by atoms with E-state index in [9.17, 15) is 13.2 Å². The standard InChI is InChI=1S/C19H23N3O3S/c1-15-9-10-16(12-20-15)13-21-26(24,25)18-8-5-11-22(14-18)19(23)17-6-3-2-4-7-17/h2-4,6-7,9-10,12,18,21H,5,8,11,13-14H2,1H3. The number of piperidine rings is 1. The zero-order chi connectivity index (χ0) is 18.6. The number of amides is 1. The minimum atomic E-state index is -3.51. The van der Waals surface area contributed by atoms with E-state index in [2.05, 4.69) is 9.71 Å². The van der Waals surface area contributed by atoms with Crippen molar-refractivity contribution >= 4 is 15.9 Å². The minimum absolute atomic E-state index is 0.117. The lowest BCUT2D eigenvalue weighted by molar-refractivity contribution is 0.0726. The van der Waals surface area contributed by atoms with Gasteiger partial charge in [-0.3, -0.25) is 9.78 Å². The van der Waals surface area contributed by atoms with Gasteiger partial charge in [0.15, 0.2) is 0 Å². The Morgan fingerprint density at radius 1 is 1.23 bits per heavy atom. The van der Waals surface area contributed by atoms with Gasteiger partial charge in [0.1, 0.15) is 0 Å². The molecule has 1 aliphatic rings. The number of nitrogens with zero attached hydrogens (tertiary/aromatic N) is 2. The Balaban J connectivity index is 1.64. The van der Waals surface area contributed by atoms with Crippen LogP contribution >= 0.6 is 0 Å². The maximum atomic E-state index is 12.7. The number of hydrogen-bond acceptors (Lipinski definition) is 4. The van der Waals surface area contributed by atoms with Gasteiger partial charge in [0.25, 0.3) is 5.91 Å². The quantitative estimate of drug-likeness (QED) is 0.871. The number of hydrogen-bond donors (Lipinski definition) is 1. The summed E-state index contributed by atoms with van der Waals surface area (Å²) in [6.07, 6.45) is 2.90. The van der Waals surface area contributed by atoms with E-state index in [1.807, 2.05) is 37.3 Å². The molecule has 0 radical (unpaired) electrons. The Morgan fingerprint density at radius 2 is 2.00 bits per heavy atom. The van der Waals surface area contributed by atoms with E-state index in [1.54, 1.807) is 23.2 Å². The van der Waals surface area contributed by atoms with Crippen LogP contribution in [0, 0.1) is 6.92 Å². The predicted octanol–water partition coefficient (Wildman–Crippen LogP) is 2.11. The van der Waals surface area contributed by atoms with E-state index in [1.165, 1.54) is 0 Å². The maximum absolute atomic E-state index is 12.7. The van der Waals surface area contributed by atoms with E-state index in [-0.39, 0.29) is 19.0 Å². The van der Waals surface area contributed by atoms with Gasteiger partial charge < -0.3 is 4.90 Å². The summed E-state index contributed by atoms with van der Waals surface area (Å²) in [5.41, 5.74) is 2.29. The second-order valence-electron chi connectivity index (χ2n) is 6.56. The number of benzene rings is 1. The SMILES string of the molecule is Cc1ccc(CNS(=O)(=O)C2CCCN(C(=O)c3ccccc3)C2)cn1. The van der Waals surface area contributed by atoms with Crippen molar-refractivity contribution in [2.45, 2.75) is 31.6 Å². The summed E-state index contributed by atoms with van der Waals surface area (Å²) in [5.74, 6) is -0.117. The molecule has 26 heavy (non-hydrogen) atoms. The average molecular weight is 373 g/mol. The molecule has 6 nitrogen and oxygen atoms in total. The number of rotatable bonds is 5. The van der Waals surface area contributed by atoms with Crippen LogP contribution in [0.15, 0.2) is 48.7 Å². The molecule has 1 saturated heterocycles. The summed E-state index contributed by atoms with van der Waals surface area (Å²) in [4.78, 5) is 18.4. The van der Waals surface area contributed by atoms with Gasteiger partial charge in [-0.2, -0.15) is 0 Å². The lowest BCUT2D eigenvalue weighted by Crippen LogP contribution is -2.48. The molecule has 2 aromatic rings. The third-order valence-electron chi connectivity index (χ3n) is 4.58. The first kappa shape index (κ1) is 18.5. The topological polar surface area (TPSA) is 79.4 Å². The number of pyridine rings is 1. The molecule has 7 heteroatoms. The first-order valence-corrected chi connectivity index (χ1v) is 10.2. The molecule has 3 rings (SSSR count). The molecule has 0 aliphatic carbocycles. The van der Waals surface area contributed by atoms with Crippen molar-refractivity contribution in [1.29, 1.82) is 0 Å². The number of aryl methyl sites for hydroxylation is 1. The molecule has 0 saturated carbocycles. The molecule has 1 amide bonds. The summed E-state index contributed by atoms with van der Waals surface area (Å²) < 4.78 is 28.0. The van der Waals surface area contributed by atoms with Crippen molar-refractivity contribution in [2.24, 2.45) is 0 Å². The second kappa shape index (κ2) is 7.97. The van der Waals surface area contributed by atoms with Crippen molar-refractivity contribution in [3.8, 4) is 0 Å². The summed E-state index contributed by atoms with van der Waals surface area (Å²) in [6.45, 7) is 2.89. The fourth-order valence-corrected chi connectivity index (χ4v) is 4.50. The predicted molar refractivity (Wildman–Crippen MR) is 100 cm³/mol. The van der Waals surface area contributed by atoms with Gasteiger partial charge in [-0.05, 0) is 43.5 Å². The summed E-state index contributed by atoms with van der Waals surface area (Å²) in [5, 5.41) is -0.595. The Bertz CT molecular complexity index is 851. The first-order chi connectivity index (χ1) is 12.5. The lowest BCUT2D eigenvalue weighted by Gasteiger charge is -2.32. The minimum Gasteiger partial charge on any atom is -0.337 e. The van der Waals surface area contributed by atoms with Crippen molar-refractivity contribution in [2.75, 3.05) is 13.1 Å². The third-order valence-corrected chi connectivity index (χ3v) is 6.38. The Kier molecular flexibility index (Phi) is 5.68. The van der Waals surface area contributed by atoms with E-state index in [0.29, 0.717) is 24.9 Å². The average Bonchev–Trinajstić information content (AvgIpc) is 2.68. The normalized spacial score (nSPS) is 17.9. The van der Waals surface area contributed by atoms with Gasteiger partial charge in [-0.15, -0.1) is 0 Å². The molecule has 1 fully saturated rings. The molecule has 1 aliphatic heterocycles. The van der Waals surface area contributed by atoms with E-state index < -0.39 is 15.3 Å². The largest absolute Gasteiger partial charge is 0.337 e. The van der Waals surface area contributed by atoms with E-state index in [0.717, 1.165) is 11.3 Å². The third kappa shape index (κ3) is 4.47. The molecule has 2 heterocycles. The molecule has 138 valence electrons. The van der Waals surface area contributed by atoms with Crippen LogP contribution in [-0.2, 0) is 16.6 Å². The molecule has 1 aromatic heterocycles. The lowest BCUT2D eigenvalue weighted by atomic mass is 10.1. The van der Waals surface area contributed by atoms with Crippen molar-refractivity contribution in [3.63, 3.8) is 0 Å². The number of likely N-dealkylation sites (tertiary alicyclic amines) is 1. The fraction of sp³-hybridized carbons (Fsp3) is 0.368. The highest BCUT2D eigenvalue weighted by molar-refractivity contribution is 7.90. The zero-order valence-corrected chi connectivity index (χ0v) is 15.6. The molecular formula is C19H23N3O3S. The summed E-state index contributed by atoms with van der Waals surface area (Å²) in [7, 11) is -3.51. The van der Waals surface area contributed by atoms with Crippen LogP contribution in [0.1, 0.15) is 34.5 Å². The van der Waals surface area contributed by atoms with Gasteiger partial charge in [-0.25, -0.2) is 13.1 Å². The van der Waals surface area contributed by atoms with Gasteiger partial charge in [0.05, 0.1) is 5.25 Å². The monoisotopic (exact) mass is 373 g/mol. The van der Waals surface area contributed by atoms with Crippen LogP contribution in [0.5, 0.6) is 0 Å². The van der Waals surface area contributed by atoms with Gasteiger partial charge >= 0.3 is 0 Å². The molecule has 0 spiro atoms. The fourth-order valence-electron chi connectivity index (χ4n) is 3.04. The van der Waals surface area contributed by atoms with Crippen LogP contribution in [-0.4, -0.2) is 42.5 Å². The van der Waals surface area contributed by atoms with Crippen molar-refractivity contribution in [1.82, 2.24) is 14.6 Å². The highest BCUT2D eigenvalue weighted by Gasteiger charge is 2.32. The second-order valence-corrected chi connectivity index (χ2v) is 8.60. The Hall–Kier alpha value is -2.25. The number of sulfonamides is 1. The van der Waals surface area contributed by atoms with Gasteiger partial charge in [-0.1, -0.05) is 24.3 Å². The maximum Gasteiger partial charge on any atom is 0.253 e. The zero-order valence-electron chi connectivity index (χ0n) is 14.8. The van der Waals surface area contributed by atoms with Crippen LogP contribution < -0.4 is 4.72 Å². The number of nitrogens with one attached hydrogen (secondary N) is 1. The first-order valence-electron chi connectivity index (χ1n) is 8.70. The van der Waals surface area contributed by atoms with E-state index in [4.69, 9.17) is 0 Å². The molecule has 1 N–H and O–H groups in total. The Morgan fingerprint density at radius 3 is 2.69 bits per heavy atom. The summed E-state index contributed by atoms with van der Waals surface area (Å²) >= 11 is 0. The van der Waals surface area contributed by atoms with Gasteiger partial charge in [0.2, 0.25) is 10.0 Å². The highest BCUT2D eigenvalue weighted by atomic mass is 32.2. The van der Waals surface area contributed by atoms with Crippen LogP contribution in [0.2, 0.25) is 0 Å². The molecule has 1 atom stereocenters. The van der Waals surface area contributed by atoms with E-state index >= 15 is 0 Å². The van der Waals surface area contributed by atoms with Crippen molar-refractivity contribution in [3.05, 3.63) is 65.5 Å². The van der Waals surface area contributed by atoms with Crippen LogP contribution in [0.4, 0.5) is 0 Å². The molecule has 1 unspecified atom stereocenters. The summed E-state index contributed by atoms with van der Waals surface area (Å²) in [6, 6.07) is 12.7. The number of carbonyl (C=O) groups excluding carboxylic acids is 1. The van der Waals surface area contributed by atoms with Crippen molar-refractivity contribution < 1.29 is 13.2 Å².